The van der Waals surface area contributed by atoms with Crippen LogP contribution in [0.25, 0.3) is 0 Å². The fourth-order valence-electron chi connectivity index (χ4n) is 0.605. The lowest BCUT2D eigenvalue weighted by Gasteiger charge is -1.99. The summed E-state index contributed by atoms with van der Waals surface area (Å²) in [6.07, 6.45) is 2.71. The highest BCUT2D eigenvalue weighted by Gasteiger charge is 2.09. The topological polar surface area (TPSA) is 43.1 Å². The predicted octanol–water partition coefficient (Wildman–Crippen LogP) is 1.84. The van der Waals surface area contributed by atoms with Crippen molar-refractivity contribution in [2.24, 2.45) is 0 Å². The van der Waals surface area contributed by atoms with Gasteiger partial charge in [0.15, 0.2) is 0 Å². The van der Waals surface area contributed by atoms with Gasteiger partial charge in [-0.15, -0.1) is 0 Å². The number of unbranched alkanes of at least 4 members (excludes halogenated alkanes) is 1. The van der Waals surface area contributed by atoms with E-state index >= 15 is 0 Å². The first-order valence-corrected chi connectivity index (χ1v) is 3.32. The van der Waals surface area contributed by atoms with E-state index in [0.717, 1.165) is 12.8 Å². The summed E-state index contributed by atoms with van der Waals surface area (Å²) in [6, 6.07) is -0.357. The molecule has 0 bridgehead atoms. The van der Waals surface area contributed by atoms with Crippen molar-refractivity contribution in [1.82, 2.24) is 0 Å². The first kappa shape index (κ1) is 8.40. The van der Waals surface area contributed by atoms with Gasteiger partial charge < -0.3 is 0 Å². The lowest BCUT2D eigenvalue weighted by Crippen LogP contribution is -2.13. The standard InChI is InChI=1S/C6H13NO2/c1-3-4-5-6(2)7(8)9/h6H,3-5H2,1-2H3. The fraction of sp³-hybridized carbons (Fsp3) is 1.00. The van der Waals surface area contributed by atoms with Crippen molar-refractivity contribution < 1.29 is 4.92 Å². The highest BCUT2D eigenvalue weighted by molar-refractivity contribution is 4.46. The second-order valence-corrected chi connectivity index (χ2v) is 2.28. The van der Waals surface area contributed by atoms with Gasteiger partial charge in [0, 0.05) is 18.3 Å². The van der Waals surface area contributed by atoms with Crippen molar-refractivity contribution >= 4 is 0 Å². The Morgan fingerprint density at radius 2 is 2.22 bits per heavy atom. The molecule has 0 aliphatic heterocycles. The molecule has 3 heteroatoms. The molecule has 0 aromatic carbocycles. The normalized spacial score (nSPS) is 13.1. The smallest absolute Gasteiger partial charge is 0.210 e. The summed E-state index contributed by atoms with van der Waals surface area (Å²) in [5.41, 5.74) is 0. The van der Waals surface area contributed by atoms with Gasteiger partial charge in [-0.1, -0.05) is 13.3 Å². The second-order valence-electron chi connectivity index (χ2n) is 2.28. The maximum absolute atomic E-state index is 10.0. The average Bonchev–Trinajstić information content (AvgIpc) is 1.82. The quantitative estimate of drug-likeness (QED) is 0.431. The largest absolute Gasteiger partial charge is 0.264 e. The number of rotatable bonds is 4. The van der Waals surface area contributed by atoms with Gasteiger partial charge in [-0.05, 0) is 6.42 Å². The van der Waals surface area contributed by atoms with Crippen LogP contribution < -0.4 is 0 Å². The van der Waals surface area contributed by atoms with Gasteiger partial charge in [-0.25, -0.2) is 0 Å². The molecule has 0 aromatic rings. The Balaban J connectivity index is 3.27. The molecule has 0 saturated heterocycles. The van der Waals surface area contributed by atoms with Crippen LogP contribution >= 0.6 is 0 Å². The SMILES string of the molecule is CCCCC(C)[N+](=O)[O-]. The lowest BCUT2D eigenvalue weighted by atomic mass is 10.2. The Bertz CT molecular complexity index is 93.1. The minimum Gasteiger partial charge on any atom is -0.264 e. The molecule has 0 aliphatic rings. The van der Waals surface area contributed by atoms with Gasteiger partial charge in [-0.3, -0.25) is 10.1 Å². The number of hydrogen-bond donors (Lipinski definition) is 0. The van der Waals surface area contributed by atoms with Crippen LogP contribution in [0.1, 0.15) is 33.1 Å². The summed E-state index contributed by atoms with van der Waals surface area (Å²) >= 11 is 0. The predicted molar refractivity (Wildman–Crippen MR) is 36.0 cm³/mol. The van der Waals surface area contributed by atoms with E-state index in [1.165, 1.54) is 0 Å². The van der Waals surface area contributed by atoms with Crippen molar-refractivity contribution in [2.75, 3.05) is 0 Å². The molecule has 0 amide bonds. The number of nitro groups is 1. The summed E-state index contributed by atoms with van der Waals surface area (Å²) in [5, 5.41) is 10.0. The summed E-state index contributed by atoms with van der Waals surface area (Å²) in [7, 11) is 0. The van der Waals surface area contributed by atoms with Crippen LogP contribution in [0.4, 0.5) is 0 Å². The van der Waals surface area contributed by atoms with E-state index in [1.54, 1.807) is 6.92 Å². The zero-order valence-corrected chi connectivity index (χ0v) is 5.96. The Kier molecular flexibility index (Phi) is 4.01. The molecule has 0 N–H and O–H groups in total. The van der Waals surface area contributed by atoms with Crippen molar-refractivity contribution in [1.29, 1.82) is 0 Å². The summed E-state index contributed by atoms with van der Waals surface area (Å²) in [5.74, 6) is 0. The van der Waals surface area contributed by atoms with Crippen molar-refractivity contribution in [3.05, 3.63) is 10.1 Å². The summed E-state index contributed by atoms with van der Waals surface area (Å²) in [6.45, 7) is 3.68. The molecule has 0 radical (unpaired) electrons. The second kappa shape index (κ2) is 4.30. The van der Waals surface area contributed by atoms with Crippen LogP contribution in [-0.2, 0) is 0 Å². The molecule has 0 saturated carbocycles. The van der Waals surface area contributed by atoms with Crippen molar-refractivity contribution in [3.63, 3.8) is 0 Å². The van der Waals surface area contributed by atoms with Crippen LogP contribution in [-0.4, -0.2) is 11.0 Å². The molecular formula is C6H13NO2. The minimum absolute atomic E-state index is 0.227. The summed E-state index contributed by atoms with van der Waals surface area (Å²) < 4.78 is 0. The maximum Gasteiger partial charge on any atom is 0.210 e. The Morgan fingerprint density at radius 1 is 1.67 bits per heavy atom. The molecule has 54 valence electrons. The van der Waals surface area contributed by atoms with E-state index in [2.05, 4.69) is 0 Å². The third kappa shape index (κ3) is 3.94. The van der Waals surface area contributed by atoms with E-state index in [-0.39, 0.29) is 11.0 Å². The molecular weight excluding hydrogens is 118 g/mol. The molecule has 0 spiro atoms. The van der Waals surface area contributed by atoms with Crippen LogP contribution in [0.2, 0.25) is 0 Å². The lowest BCUT2D eigenvalue weighted by molar-refractivity contribution is -0.519. The average molecular weight is 131 g/mol. The molecule has 9 heavy (non-hydrogen) atoms. The van der Waals surface area contributed by atoms with Gasteiger partial charge in [0.25, 0.3) is 0 Å². The molecule has 0 heterocycles. The van der Waals surface area contributed by atoms with Gasteiger partial charge in [0.05, 0.1) is 0 Å². The van der Waals surface area contributed by atoms with E-state index in [1.807, 2.05) is 6.92 Å². The molecule has 0 fully saturated rings. The highest BCUT2D eigenvalue weighted by atomic mass is 16.6. The van der Waals surface area contributed by atoms with Crippen LogP contribution in [0.3, 0.4) is 0 Å². The zero-order valence-electron chi connectivity index (χ0n) is 5.96. The third-order valence-corrected chi connectivity index (χ3v) is 1.34. The third-order valence-electron chi connectivity index (χ3n) is 1.34. The molecule has 1 atom stereocenters. The Morgan fingerprint density at radius 3 is 2.56 bits per heavy atom. The molecule has 0 rings (SSSR count). The first-order valence-electron chi connectivity index (χ1n) is 3.32. The van der Waals surface area contributed by atoms with Gasteiger partial charge >= 0.3 is 0 Å². The van der Waals surface area contributed by atoms with Crippen molar-refractivity contribution in [2.45, 2.75) is 39.2 Å². The van der Waals surface area contributed by atoms with E-state index in [4.69, 9.17) is 0 Å². The summed E-state index contributed by atoms with van der Waals surface area (Å²) in [4.78, 5) is 9.78. The van der Waals surface area contributed by atoms with Crippen molar-refractivity contribution in [3.8, 4) is 0 Å². The number of nitrogens with zero attached hydrogens (tertiary/aromatic N) is 1. The molecule has 3 nitrogen and oxygen atoms in total. The van der Waals surface area contributed by atoms with E-state index in [9.17, 15) is 10.1 Å². The number of hydrogen-bond acceptors (Lipinski definition) is 2. The monoisotopic (exact) mass is 131 g/mol. The van der Waals surface area contributed by atoms with E-state index in [0.29, 0.717) is 6.42 Å². The minimum atomic E-state index is -0.357. The first-order chi connectivity index (χ1) is 4.18. The molecule has 1 unspecified atom stereocenters. The van der Waals surface area contributed by atoms with E-state index < -0.39 is 0 Å². The zero-order chi connectivity index (χ0) is 7.28. The van der Waals surface area contributed by atoms with Crippen LogP contribution in [0.5, 0.6) is 0 Å². The van der Waals surface area contributed by atoms with Gasteiger partial charge in [0.2, 0.25) is 6.04 Å². The molecule has 0 aliphatic carbocycles. The van der Waals surface area contributed by atoms with Crippen LogP contribution in [0.15, 0.2) is 0 Å². The van der Waals surface area contributed by atoms with Gasteiger partial charge in [0.1, 0.15) is 0 Å². The maximum atomic E-state index is 10.0. The Labute approximate surface area is 55.2 Å². The van der Waals surface area contributed by atoms with Crippen LogP contribution in [0, 0.1) is 10.1 Å². The fourth-order valence-corrected chi connectivity index (χ4v) is 0.605. The molecule has 0 aromatic heterocycles. The Hall–Kier alpha value is -0.600. The highest BCUT2D eigenvalue weighted by Crippen LogP contribution is 2.01. The van der Waals surface area contributed by atoms with Gasteiger partial charge in [-0.2, -0.15) is 0 Å².